The van der Waals surface area contributed by atoms with Crippen LogP contribution in [-0.4, -0.2) is 36.9 Å². The van der Waals surface area contributed by atoms with Gasteiger partial charge in [-0.3, -0.25) is 4.79 Å². The average molecular weight is 379 g/mol. The minimum absolute atomic E-state index is 0.0958. The van der Waals surface area contributed by atoms with Crippen LogP contribution in [0.15, 0.2) is 24.3 Å². The number of carbonyl (C=O) groups excluding carboxylic acids is 1. The van der Waals surface area contributed by atoms with Crippen molar-refractivity contribution in [3.8, 4) is 5.75 Å². The van der Waals surface area contributed by atoms with Crippen molar-refractivity contribution < 1.29 is 14.3 Å². The summed E-state index contributed by atoms with van der Waals surface area (Å²) in [4.78, 5) is 11.9. The molecule has 0 radical (unpaired) electrons. The smallest absolute Gasteiger partial charge is 0.226 e. The number of nitrogens with one attached hydrogen (secondary N) is 2. The Morgan fingerprint density at radius 1 is 1.31 bits per heavy atom. The lowest BCUT2D eigenvalue weighted by Crippen LogP contribution is -2.42. The molecule has 0 saturated carbocycles. The summed E-state index contributed by atoms with van der Waals surface area (Å²) >= 11 is 5.13. The number of ether oxygens (including phenoxy) is 2. The Balaban J connectivity index is 1.58. The second-order valence-corrected chi connectivity index (χ2v) is 8.03. The molecule has 1 atom stereocenters. The van der Waals surface area contributed by atoms with Crippen LogP contribution in [0, 0.1) is 0 Å². The first-order chi connectivity index (χ1) is 12.3. The van der Waals surface area contributed by atoms with Gasteiger partial charge in [0.15, 0.2) is 5.11 Å². The Morgan fingerprint density at radius 2 is 2.04 bits per heavy atom. The summed E-state index contributed by atoms with van der Waals surface area (Å²) < 4.78 is 11.2. The first kappa shape index (κ1) is 20.6. The highest BCUT2D eigenvalue weighted by atomic mass is 32.1. The fourth-order valence-corrected chi connectivity index (χ4v) is 2.92. The summed E-state index contributed by atoms with van der Waals surface area (Å²) in [5.74, 6) is 0.730. The number of carbonyl (C=O) groups is 1. The van der Waals surface area contributed by atoms with Gasteiger partial charge in [-0.15, -0.1) is 0 Å². The third-order valence-corrected chi connectivity index (χ3v) is 4.55. The highest BCUT2D eigenvalue weighted by molar-refractivity contribution is 7.80. The van der Waals surface area contributed by atoms with Gasteiger partial charge >= 0.3 is 0 Å². The minimum atomic E-state index is -0.0958. The van der Waals surface area contributed by atoms with Gasteiger partial charge in [-0.25, -0.2) is 0 Å². The zero-order chi connectivity index (χ0) is 19.0. The SMILES string of the molecule is CC(C)(C)c1ccc(OCCCC(=O)NC(=S)NCC2CCCO2)cc1. The molecule has 1 amide bonds. The quantitative estimate of drug-likeness (QED) is 0.563. The summed E-state index contributed by atoms with van der Waals surface area (Å²) in [5.41, 5.74) is 1.40. The second kappa shape index (κ2) is 9.88. The first-order valence-corrected chi connectivity index (χ1v) is 9.68. The highest BCUT2D eigenvalue weighted by Gasteiger charge is 2.16. The summed E-state index contributed by atoms with van der Waals surface area (Å²) in [6.45, 7) is 8.50. The van der Waals surface area contributed by atoms with E-state index >= 15 is 0 Å². The monoisotopic (exact) mass is 378 g/mol. The van der Waals surface area contributed by atoms with Crippen LogP contribution in [0.4, 0.5) is 0 Å². The molecule has 1 aromatic carbocycles. The lowest BCUT2D eigenvalue weighted by Gasteiger charge is -2.19. The van der Waals surface area contributed by atoms with Gasteiger partial charge < -0.3 is 20.1 Å². The third kappa shape index (κ3) is 7.30. The van der Waals surface area contributed by atoms with E-state index in [1.54, 1.807) is 0 Å². The molecule has 144 valence electrons. The minimum Gasteiger partial charge on any atom is -0.494 e. The van der Waals surface area contributed by atoms with Gasteiger partial charge in [0, 0.05) is 19.6 Å². The molecule has 0 spiro atoms. The first-order valence-electron chi connectivity index (χ1n) is 9.27. The molecule has 0 aliphatic carbocycles. The van der Waals surface area contributed by atoms with Gasteiger partial charge in [0.1, 0.15) is 5.75 Å². The van der Waals surface area contributed by atoms with Gasteiger partial charge in [0.25, 0.3) is 0 Å². The fourth-order valence-electron chi connectivity index (χ4n) is 2.72. The van der Waals surface area contributed by atoms with Crippen molar-refractivity contribution in [2.24, 2.45) is 0 Å². The maximum Gasteiger partial charge on any atom is 0.226 e. The molecular weight excluding hydrogens is 348 g/mol. The molecule has 1 heterocycles. The van der Waals surface area contributed by atoms with E-state index in [0.29, 0.717) is 31.1 Å². The Kier molecular flexibility index (Phi) is 7.85. The van der Waals surface area contributed by atoms with E-state index in [2.05, 4.69) is 43.5 Å². The van der Waals surface area contributed by atoms with Crippen molar-refractivity contribution in [2.75, 3.05) is 19.8 Å². The molecule has 1 fully saturated rings. The molecule has 0 aromatic heterocycles. The van der Waals surface area contributed by atoms with Crippen LogP contribution in [-0.2, 0) is 14.9 Å². The predicted molar refractivity (Wildman–Crippen MR) is 108 cm³/mol. The van der Waals surface area contributed by atoms with E-state index in [1.807, 2.05) is 12.1 Å². The molecular formula is C20H30N2O3S. The van der Waals surface area contributed by atoms with Crippen molar-refractivity contribution in [3.63, 3.8) is 0 Å². The van der Waals surface area contributed by atoms with E-state index in [1.165, 1.54) is 5.56 Å². The molecule has 1 saturated heterocycles. The van der Waals surface area contributed by atoms with Crippen molar-refractivity contribution in [3.05, 3.63) is 29.8 Å². The van der Waals surface area contributed by atoms with Gasteiger partial charge in [-0.1, -0.05) is 32.9 Å². The van der Waals surface area contributed by atoms with E-state index in [9.17, 15) is 4.79 Å². The predicted octanol–water partition coefficient (Wildman–Crippen LogP) is 3.31. The Labute approximate surface area is 161 Å². The number of amides is 1. The van der Waals surface area contributed by atoms with Crippen molar-refractivity contribution in [2.45, 2.75) is 58.0 Å². The lowest BCUT2D eigenvalue weighted by molar-refractivity contribution is -0.119. The molecule has 1 aliphatic heterocycles. The van der Waals surface area contributed by atoms with Gasteiger partial charge in [-0.2, -0.15) is 0 Å². The van der Waals surface area contributed by atoms with Gasteiger partial charge in [0.05, 0.1) is 12.7 Å². The van der Waals surface area contributed by atoms with Crippen LogP contribution in [0.1, 0.15) is 52.0 Å². The summed E-state index contributed by atoms with van der Waals surface area (Å²) in [7, 11) is 0. The molecule has 1 aromatic rings. The zero-order valence-electron chi connectivity index (χ0n) is 16.0. The van der Waals surface area contributed by atoms with Crippen LogP contribution >= 0.6 is 12.2 Å². The van der Waals surface area contributed by atoms with E-state index < -0.39 is 0 Å². The normalized spacial score (nSPS) is 17.0. The molecule has 0 bridgehead atoms. The van der Waals surface area contributed by atoms with Crippen molar-refractivity contribution >= 4 is 23.2 Å². The maximum absolute atomic E-state index is 11.9. The number of thiocarbonyl (C=S) groups is 1. The second-order valence-electron chi connectivity index (χ2n) is 7.62. The largest absolute Gasteiger partial charge is 0.494 e. The van der Waals surface area contributed by atoms with Gasteiger partial charge in [0.2, 0.25) is 5.91 Å². The summed E-state index contributed by atoms with van der Waals surface area (Å²) in [6, 6.07) is 8.12. The average Bonchev–Trinajstić information content (AvgIpc) is 3.10. The maximum atomic E-state index is 11.9. The molecule has 26 heavy (non-hydrogen) atoms. The number of hydrogen-bond donors (Lipinski definition) is 2. The molecule has 5 nitrogen and oxygen atoms in total. The number of rotatable bonds is 7. The molecule has 2 rings (SSSR count). The van der Waals surface area contributed by atoms with Crippen LogP contribution < -0.4 is 15.4 Å². The van der Waals surface area contributed by atoms with E-state index in [0.717, 1.165) is 25.2 Å². The van der Waals surface area contributed by atoms with E-state index in [-0.39, 0.29) is 17.4 Å². The molecule has 1 aliphatic rings. The van der Waals surface area contributed by atoms with E-state index in [4.69, 9.17) is 21.7 Å². The number of hydrogen-bond acceptors (Lipinski definition) is 4. The lowest BCUT2D eigenvalue weighted by atomic mass is 9.87. The van der Waals surface area contributed by atoms with Crippen LogP contribution in [0.5, 0.6) is 5.75 Å². The topological polar surface area (TPSA) is 59.6 Å². The summed E-state index contributed by atoms with van der Waals surface area (Å²) in [6.07, 6.45) is 3.34. The Hall–Kier alpha value is -1.66. The Morgan fingerprint density at radius 3 is 2.65 bits per heavy atom. The third-order valence-electron chi connectivity index (χ3n) is 4.30. The molecule has 2 N–H and O–H groups in total. The van der Waals surface area contributed by atoms with Crippen molar-refractivity contribution in [1.29, 1.82) is 0 Å². The number of benzene rings is 1. The van der Waals surface area contributed by atoms with Crippen molar-refractivity contribution in [1.82, 2.24) is 10.6 Å². The van der Waals surface area contributed by atoms with Crippen LogP contribution in [0.3, 0.4) is 0 Å². The standard InChI is InChI=1S/C20H30N2O3S/c1-20(2,3)15-8-10-16(11-9-15)24-13-5-7-18(23)22-19(26)21-14-17-6-4-12-25-17/h8-11,17H,4-7,12-14H2,1-3H3,(H2,21,22,23,26). The fraction of sp³-hybridized carbons (Fsp3) is 0.600. The summed E-state index contributed by atoms with van der Waals surface area (Å²) in [5, 5.41) is 6.09. The molecule has 6 heteroatoms. The van der Waals surface area contributed by atoms with Crippen LogP contribution in [0.25, 0.3) is 0 Å². The van der Waals surface area contributed by atoms with Crippen LogP contribution in [0.2, 0.25) is 0 Å². The zero-order valence-corrected chi connectivity index (χ0v) is 16.8. The Bertz CT molecular complexity index is 590. The molecule has 1 unspecified atom stereocenters. The van der Waals surface area contributed by atoms with Gasteiger partial charge in [-0.05, 0) is 54.6 Å². The highest BCUT2D eigenvalue weighted by Crippen LogP contribution is 2.24.